The quantitative estimate of drug-likeness (QED) is 0.286. The number of ether oxygens (including phenoxy) is 1. The van der Waals surface area contributed by atoms with Gasteiger partial charge in [-0.15, -0.1) is 0 Å². The number of nitrogens with one attached hydrogen (secondary N) is 1. The molecule has 10 heteroatoms. The largest absolute Gasteiger partial charge is 0.494 e. The second kappa shape index (κ2) is 14.6. The molecular weight excluding hydrogens is 574 g/mol. The van der Waals surface area contributed by atoms with Gasteiger partial charge in [0, 0.05) is 24.0 Å². The number of sulfonamides is 1. The smallest absolute Gasteiger partial charge is 0.244 e. The molecule has 0 spiro atoms. The summed E-state index contributed by atoms with van der Waals surface area (Å²) in [5.41, 5.74) is 1.86. The predicted octanol–water partition coefficient (Wildman–Crippen LogP) is 5.20. The van der Waals surface area contributed by atoms with Gasteiger partial charge >= 0.3 is 0 Å². The number of rotatable bonds is 13. The molecule has 0 radical (unpaired) electrons. The predicted molar refractivity (Wildman–Crippen MR) is 166 cm³/mol. The number of benzene rings is 3. The maximum absolute atomic E-state index is 14.2. The van der Waals surface area contributed by atoms with Gasteiger partial charge in [-0.05, 0) is 61.2 Å². The third-order valence-corrected chi connectivity index (χ3v) is 8.90. The molecule has 0 saturated heterocycles. The Labute approximate surface area is 253 Å². The lowest BCUT2D eigenvalue weighted by Gasteiger charge is -2.34. The molecule has 0 unspecified atom stereocenters. The Morgan fingerprint density at radius 2 is 1.62 bits per heavy atom. The molecule has 1 N–H and O–H groups in total. The van der Waals surface area contributed by atoms with Gasteiger partial charge in [-0.25, -0.2) is 8.42 Å². The van der Waals surface area contributed by atoms with Gasteiger partial charge in [-0.1, -0.05) is 73.0 Å². The van der Waals surface area contributed by atoms with Crippen molar-refractivity contribution in [3.8, 4) is 5.75 Å². The number of halogens is 1. The van der Waals surface area contributed by atoms with Crippen molar-refractivity contribution in [2.24, 2.45) is 0 Å². The van der Waals surface area contributed by atoms with Crippen LogP contribution in [0.3, 0.4) is 0 Å². The van der Waals surface area contributed by atoms with Crippen LogP contribution in [-0.4, -0.2) is 56.6 Å². The van der Waals surface area contributed by atoms with Gasteiger partial charge in [0.05, 0.1) is 18.6 Å². The second-order valence-corrected chi connectivity index (χ2v) is 12.8. The van der Waals surface area contributed by atoms with Gasteiger partial charge in [-0.3, -0.25) is 13.9 Å². The summed E-state index contributed by atoms with van der Waals surface area (Å²) in [6, 6.07) is 22.3. The number of hydrogen-bond acceptors (Lipinski definition) is 5. The molecule has 0 aliphatic heterocycles. The highest BCUT2D eigenvalue weighted by molar-refractivity contribution is 7.92. The summed E-state index contributed by atoms with van der Waals surface area (Å²) in [5, 5.41) is 3.61. The van der Waals surface area contributed by atoms with E-state index < -0.39 is 28.5 Å². The summed E-state index contributed by atoms with van der Waals surface area (Å²) >= 11 is 6.51. The van der Waals surface area contributed by atoms with Crippen LogP contribution in [0.1, 0.15) is 43.7 Å². The zero-order chi connectivity index (χ0) is 30.1. The van der Waals surface area contributed by atoms with Crippen molar-refractivity contribution in [1.82, 2.24) is 10.2 Å². The molecule has 0 aromatic heterocycles. The molecule has 0 heterocycles. The van der Waals surface area contributed by atoms with Crippen molar-refractivity contribution in [2.75, 3.05) is 23.7 Å². The van der Waals surface area contributed by atoms with Crippen molar-refractivity contribution in [2.45, 2.75) is 57.7 Å². The van der Waals surface area contributed by atoms with Crippen LogP contribution >= 0.6 is 11.6 Å². The van der Waals surface area contributed by atoms with Gasteiger partial charge in [0.25, 0.3) is 0 Å². The Morgan fingerprint density at radius 1 is 0.976 bits per heavy atom. The molecule has 0 bridgehead atoms. The van der Waals surface area contributed by atoms with E-state index in [1.807, 2.05) is 43.3 Å². The Hall–Kier alpha value is -3.56. The van der Waals surface area contributed by atoms with Crippen LogP contribution in [0.15, 0.2) is 78.9 Å². The SMILES string of the molecule is CCOc1ccc(N(CC(=O)N(Cc2ccccc2Cl)[C@H](Cc2ccccc2)C(=O)NC2CCCC2)S(C)(=O)=O)cc1. The fraction of sp³-hybridized carbons (Fsp3) is 0.375. The first-order valence-corrected chi connectivity index (χ1v) is 16.5. The zero-order valence-electron chi connectivity index (χ0n) is 24.0. The van der Waals surface area contributed by atoms with Gasteiger partial charge in [-0.2, -0.15) is 0 Å². The zero-order valence-corrected chi connectivity index (χ0v) is 25.6. The molecule has 4 rings (SSSR count). The van der Waals surface area contributed by atoms with Crippen molar-refractivity contribution < 1.29 is 22.7 Å². The van der Waals surface area contributed by atoms with Crippen molar-refractivity contribution in [3.05, 3.63) is 95.0 Å². The summed E-state index contributed by atoms with van der Waals surface area (Å²) in [5.74, 6) is -0.192. The van der Waals surface area contributed by atoms with Crippen molar-refractivity contribution in [1.29, 1.82) is 0 Å². The minimum absolute atomic E-state index is 0.0367. The van der Waals surface area contributed by atoms with Gasteiger partial charge < -0.3 is 15.0 Å². The van der Waals surface area contributed by atoms with Gasteiger partial charge in [0.2, 0.25) is 21.8 Å². The van der Waals surface area contributed by atoms with Gasteiger partial charge in [0.1, 0.15) is 18.3 Å². The summed E-state index contributed by atoms with van der Waals surface area (Å²) < 4.78 is 32.5. The maximum atomic E-state index is 14.2. The molecule has 1 aliphatic carbocycles. The number of carbonyl (C=O) groups is 2. The Bertz CT molecular complexity index is 1440. The number of nitrogens with zero attached hydrogens (tertiary/aromatic N) is 2. The molecule has 3 aromatic rings. The van der Waals surface area contributed by atoms with E-state index in [-0.39, 0.29) is 24.9 Å². The summed E-state index contributed by atoms with van der Waals surface area (Å²) in [4.78, 5) is 29.6. The lowest BCUT2D eigenvalue weighted by atomic mass is 10.0. The second-order valence-electron chi connectivity index (χ2n) is 10.5. The van der Waals surface area contributed by atoms with Crippen LogP contribution in [0, 0.1) is 0 Å². The highest BCUT2D eigenvalue weighted by atomic mass is 35.5. The van der Waals surface area contributed by atoms with Crippen LogP contribution in [0.2, 0.25) is 5.02 Å². The minimum atomic E-state index is -3.86. The Morgan fingerprint density at radius 3 is 2.24 bits per heavy atom. The molecule has 1 fully saturated rings. The maximum Gasteiger partial charge on any atom is 0.244 e. The number of amides is 2. The molecule has 1 aliphatic rings. The monoisotopic (exact) mass is 611 g/mol. The standard InChI is InChI=1S/C32H38ClN3O5S/c1-3-41-28-19-17-27(18-20-28)36(42(2,39)40)23-31(37)35(22-25-13-7-10-16-29(25)33)30(21-24-11-5-4-6-12-24)32(38)34-26-14-8-9-15-26/h4-7,10-13,16-20,26,30H,3,8-9,14-15,21-23H2,1-2H3,(H,34,38)/t30-/m1/s1. The lowest BCUT2D eigenvalue weighted by molar-refractivity contribution is -0.140. The summed E-state index contributed by atoms with van der Waals surface area (Å²) in [7, 11) is -3.86. The molecule has 224 valence electrons. The fourth-order valence-electron chi connectivity index (χ4n) is 5.22. The molecular formula is C32H38ClN3O5S. The van der Waals surface area contributed by atoms with Crippen LogP contribution in [0.5, 0.6) is 5.75 Å². The van der Waals surface area contributed by atoms with Crippen molar-refractivity contribution in [3.63, 3.8) is 0 Å². The Kier molecular flexibility index (Phi) is 10.9. The summed E-state index contributed by atoms with van der Waals surface area (Å²) in [6.07, 6.45) is 5.19. The van der Waals surface area contributed by atoms with E-state index in [9.17, 15) is 18.0 Å². The van der Waals surface area contributed by atoms with E-state index in [0.29, 0.717) is 28.6 Å². The first kappa shape index (κ1) is 31.4. The highest BCUT2D eigenvalue weighted by Crippen LogP contribution is 2.25. The molecule has 3 aromatic carbocycles. The topological polar surface area (TPSA) is 96.0 Å². The average molecular weight is 612 g/mol. The number of hydrogen-bond donors (Lipinski definition) is 1. The van der Waals surface area contributed by atoms with E-state index >= 15 is 0 Å². The van der Waals surface area contributed by atoms with E-state index in [0.717, 1.165) is 41.8 Å². The van der Waals surface area contributed by atoms with Crippen LogP contribution in [-0.2, 0) is 32.6 Å². The molecule has 1 atom stereocenters. The number of anilines is 1. The van der Waals surface area contributed by atoms with Crippen LogP contribution in [0.25, 0.3) is 0 Å². The third-order valence-electron chi connectivity index (χ3n) is 7.39. The first-order chi connectivity index (χ1) is 20.2. The molecule has 1 saturated carbocycles. The molecule has 2 amide bonds. The first-order valence-electron chi connectivity index (χ1n) is 14.2. The minimum Gasteiger partial charge on any atom is -0.494 e. The highest BCUT2D eigenvalue weighted by Gasteiger charge is 2.34. The Balaban J connectivity index is 1.71. The van der Waals surface area contributed by atoms with Crippen LogP contribution in [0.4, 0.5) is 5.69 Å². The third kappa shape index (κ3) is 8.49. The molecule has 8 nitrogen and oxygen atoms in total. The summed E-state index contributed by atoms with van der Waals surface area (Å²) in [6.45, 7) is 1.88. The van der Waals surface area contributed by atoms with Gasteiger partial charge in [0.15, 0.2) is 0 Å². The molecule has 42 heavy (non-hydrogen) atoms. The normalized spacial score (nSPS) is 14.3. The van der Waals surface area contributed by atoms with E-state index in [1.165, 1.54) is 4.90 Å². The van der Waals surface area contributed by atoms with E-state index in [1.54, 1.807) is 42.5 Å². The van der Waals surface area contributed by atoms with Crippen LogP contribution < -0.4 is 14.4 Å². The lowest BCUT2D eigenvalue weighted by Crippen LogP contribution is -2.54. The average Bonchev–Trinajstić information content (AvgIpc) is 3.48. The fourth-order valence-corrected chi connectivity index (χ4v) is 6.27. The van der Waals surface area contributed by atoms with E-state index in [4.69, 9.17) is 16.3 Å². The van der Waals surface area contributed by atoms with E-state index in [2.05, 4.69) is 5.32 Å². The van der Waals surface area contributed by atoms with Crippen molar-refractivity contribution >= 4 is 39.1 Å². The number of carbonyl (C=O) groups excluding carboxylic acids is 2.